The Kier molecular flexibility index (Phi) is 8.49. The molecule has 3 rings (SSSR count). The molecule has 9 heteroatoms. The number of aryl methyl sites for hydroxylation is 2. The Morgan fingerprint density at radius 3 is 2.73 bits per heavy atom. The third-order valence-corrected chi connectivity index (χ3v) is 4.15. The number of nitrogens with zero attached hydrogens (tertiary/aromatic N) is 3. The van der Waals surface area contributed by atoms with Crippen LogP contribution in [-0.4, -0.2) is 39.4 Å². The number of anilines is 1. The van der Waals surface area contributed by atoms with Gasteiger partial charge in [0.25, 0.3) is 5.91 Å². The Bertz CT molecular complexity index is 738. The highest BCUT2D eigenvalue weighted by molar-refractivity contribution is 5.94. The first-order valence-electron chi connectivity index (χ1n) is 8.18. The largest absolute Gasteiger partial charge is 0.364 e. The van der Waals surface area contributed by atoms with Crippen LogP contribution in [0, 0.1) is 13.8 Å². The minimum atomic E-state index is -0.414. The van der Waals surface area contributed by atoms with Crippen LogP contribution in [0.2, 0.25) is 0 Å². The molecule has 2 heterocycles. The summed E-state index contributed by atoms with van der Waals surface area (Å²) in [5.41, 5.74) is 7.39. The second kappa shape index (κ2) is 9.87. The van der Waals surface area contributed by atoms with Crippen LogP contribution in [0.25, 0.3) is 0 Å². The number of aromatic nitrogens is 3. The Balaban J connectivity index is 0.00000169. The standard InChI is InChI=1S/C17H23N5O2.2ClH/c1-11-19-12(2)22(21-11)10-13-4-3-5-14(8-13)20-17(23)16-7-6-15(9-18)24-16;;/h3-5,8,15-16H,6-7,9-10,18H2,1-2H3,(H,20,23);2*1H/t15-,16+;;/m1../s1. The Morgan fingerprint density at radius 2 is 2.12 bits per heavy atom. The number of hydrogen-bond donors (Lipinski definition) is 2. The van der Waals surface area contributed by atoms with Crippen LogP contribution < -0.4 is 11.1 Å². The van der Waals surface area contributed by atoms with Crippen molar-refractivity contribution in [1.29, 1.82) is 0 Å². The van der Waals surface area contributed by atoms with E-state index in [-0.39, 0.29) is 36.8 Å². The first kappa shape index (κ1) is 22.4. The predicted octanol–water partition coefficient (Wildman–Crippen LogP) is 2.23. The van der Waals surface area contributed by atoms with E-state index in [9.17, 15) is 4.79 Å². The normalized spacial score (nSPS) is 18.7. The first-order chi connectivity index (χ1) is 11.5. The molecule has 0 saturated carbocycles. The molecule has 3 N–H and O–H groups in total. The fraction of sp³-hybridized carbons (Fsp3) is 0.471. The summed E-state index contributed by atoms with van der Waals surface area (Å²) in [7, 11) is 0. The van der Waals surface area contributed by atoms with Crippen molar-refractivity contribution < 1.29 is 9.53 Å². The highest BCUT2D eigenvalue weighted by atomic mass is 35.5. The van der Waals surface area contributed by atoms with E-state index in [1.807, 2.05) is 42.8 Å². The maximum absolute atomic E-state index is 12.3. The van der Waals surface area contributed by atoms with Gasteiger partial charge in [-0.25, -0.2) is 9.67 Å². The molecule has 0 bridgehead atoms. The van der Waals surface area contributed by atoms with E-state index in [1.165, 1.54) is 0 Å². The Hall–Kier alpha value is -1.67. The molecule has 0 spiro atoms. The quantitative estimate of drug-likeness (QED) is 0.800. The van der Waals surface area contributed by atoms with Crippen molar-refractivity contribution in [3.63, 3.8) is 0 Å². The fourth-order valence-electron chi connectivity index (χ4n) is 2.93. The summed E-state index contributed by atoms with van der Waals surface area (Å²) in [6.45, 7) is 4.87. The van der Waals surface area contributed by atoms with Crippen molar-refractivity contribution in [1.82, 2.24) is 14.8 Å². The highest BCUT2D eigenvalue weighted by Gasteiger charge is 2.29. The SMILES string of the molecule is Cc1nc(C)n(Cc2cccc(NC(=O)[C@@H]3CC[C@H](CN)O3)c2)n1.Cl.Cl. The van der Waals surface area contributed by atoms with Gasteiger partial charge in [0, 0.05) is 12.2 Å². The smallest absolute Gasteiger partial charge is 0.253 e. The molecule has 1 aromatic heterocycles. The minimum absolute atomic E-state index is 0. The lowest BCUT2D eigenvalue weighted by atomic mass is 10.1. The second-order valence-electron chi connectivity index (χ2n) is 6.11. The third-order valence-electron chi connectivity index (χ3n) is 4.15. The van der Waals surface area contributed by atoms with Crippen LogP contribution in [0.1, 0.15) is 30.1 Å². The summed E-state index contributed by atoms with van der Waals surface area (Å²) in [5, 5.41) is 7.29. The fourth-order valence-corrected chi connectivity index (χ4v) is 2.93. The number of nitrogens with one attached hydrogen (secondary N) is 1. The van der Waals surface area contributed by atoms with Crippen molar-refractivity contribution in [2.45, 2.75) is 45.4 Å². The van der Waals surface area contributed by atoms with Crippen LogP contribution in [0.4, 0.5) is 5.69 Å². The average Bonchev–Trinajstić information content (AvgIpc) is 3.14. The zero-order valence-electron chi connectivity index (χ0n) is 14.8. The lowest BCUT2D eigenvalue weighted by Gasteiger charge is -2.13. The summed E-state index contributed by atoms with van der Waals surface area (Å²) in [6.07, 6.45) is 1.12. The van der Waals surface area contributed by atoms with Crippen LogP contribution in [0.15, 0.2) is 24.3 Å². The lowest BCUT2D eigenvalue weighted by Crippen LogP contribution is -2.29. The van der Waals surface area contributed by atoms with Gasteiger partial charge in [0.05, 0.1) is 12.6 Å². The number of ether oxygens (including phenoxy) is 1. The van der Waals surface area contributed by atoms with E-state index in [2.05, 4.69) is 15.4 Å². The molecule has 1 aliphatic rings. The van der Waals surface area contributed by atoms with Gasteiger partial charge in [0.2, 0.25) is 0 Å². The van der Waals surface area contributed by atoms with Gasteiger partial charge in [-0.3, -0.25) is 4.79 Å². The highest BCUT2D eigenvalue weighted by Crippen LogP contribution is 2.21. The van der Waals surface area contributed by atoms with Gasteiger partial charge in [0.15, 0.2) is 0 Å². The van der Waals surface area contributed by atoms with Crippen molar-refractivity contribution >= 4 is 36.4 Å². The maximum Gasteiger partial charge on any atom is 0.253 e. The second-order valence-corrected chi connectivity index (χ2v) is 6.11. The lowest BCUT2D eigenvalue weighted by molar-refractivity contribution is -0.126. The van der Waals surface area contributed by atoms with E-state index in [4.69, 9.17) is 10.5 Å². The van der Waals surface area contributed by atoms with Crippen molar-refractivity contribution in [3.8, 4) is 0 Å². The number of nitrogens with two attached hydrogens (primary N) is 1. The molecule has 1 aromatic carbocycles. The predicted molar refractivity (Wildman–Crippen MR) is 105 cm³/mol. The zero-order chi connectivity index (χ0) is 17.1. The van der Waals surface area contributed by atoms with Crippen molar-refractivity contribution in [2.75, 3.05) is 11.9 Å². The number of halogens is 2. The van der Waals surface area contributed by atoms with Crippen LogP contribution in [-0.2, 0) is 16.1 Å². The molecule has 26 heavy (non-hydrogen) atoms. The van der Waals surface area contributed by atoms with Gasteiger partial charge in [-0.15, -0.1) is 24.8 Å². The number of carbonyl (C=O) groups is 1. The van der Waals surface area contributed by atoms with E-state index in [0.29, 0.717) is 19.5 Å². The minimum Gasteiger partial charge on any atom is -0.364 e. The van der Waals surface area contributed by atoms with Crippen LogP contribution in [0.3, 0.4) is 0 Å². The van der Waals surface area contributed by atoms with Gasteiger partial charge >= 0.3 is 0 Å². The Morgan fingerprint density at radius 1 is 1.35 bits per heavy atom. The molecule has 1 saturated heterocycles. The van der Waals surface area contributed by atoms with E-state index >= 15 is 0 Å². The average molecular weight is 402 g/mol. The van der Waals surface area contributed by atoms with Crippen molar-refractivity contribution in [3.05, 3.63) is 41.5 Å². The molecular weight excluding hydrogens is 377 g/mol. The molecule has 1 aliphatic heterocycles. The summed E-state index contributed by atoms with van der Waals surface area (Å²) in [6, 6.07) is 7.74. The molecule has 2 atom stereocenters. The molecule has 1 fully saturated rings. The summed E-state index contributed by atoms with van der Waals surface area (Å²) in [4.78, 5) is 16.6. The van der Waals surface area contributed by atoms with E-state index in [1.54, 1.807) is 0 Å². The van der Waals surface area contributed by atoms with E-state index in [0.717, 1.165) is 29.3 Å². The van der Waals surface area contributed by atoms with Crippen LogP contribution >= 0.6 is 24.8 Å². The van der Waals surface area contributed by atoms with Crippen LogP contribution in [0.5, 0.6) is 0 Å². The van der Waals surface area contributed by atoms with Gasteiger partial charge in [0.1, 0.15) is 17.8 Å². The van der Waals surface area contributed by atoms with Gasteiger partial charge in [-0.05, 0) is 44.4 Å². The molecule has 144 valence electrons. The third kappa shape index (κ3) is 5.41. The molecule has 0 unspecified atom stereocenters. The molecule has 0 aliphatic carbocycles. The van der Waals surface area contributed by atoms with Crippen molar-refractivity contribution in [2.24, 2.45) is 5.73 Å². The number of rotatable bonds is 5. The molecule has 1 amide bonds. The number of amides is 1. The Labute approximate surface area is 165 Å². The van der Waals surface area contributed by atoms with Gasteiger partial charge in [-0.2, -0.15) is 5.10 Å². The van der Waals surface area contributed by atoms with Gasteiger partial charge in [-0.1, -0.05) is 12.1 Å². The molecule has 7 nitrogen and oxygen atoms in total. The number of hydrogen-bond acceptors (Lipinski definition) is 5. The molecule has 2 aromatic rings. The van der Waals surface area contributed by atoms with Gasteiger partial charge < -0.3 is 15.8 Å². The topological polar surface area (TPSA) is 95.1 Å². The zero-order valence-corrected chi connectivity index (χ0v) is 16.5. The number of carbonyl (C=O) groups excluding carboxylic acids is 1. The maximum atomic E-state index is 12.3. The molecular formula is C17H25Cl2N5O2. The monoisotopic (exact) mass is 401 g/mol. The molecule has 0 radical (unpaired) electrons. The van der Waals surface area contributed by atoms with E-state index < -0.39 is 6.10 Å². The summed E-state index contributed by atoms with van der Waals surface area (Å²) in [5.74, 6) is 1.51. The summed E-state index contributed by atoms with van der Waals surface area (Å²) >= 11 is 0. The summed E-state index contributed by atoms with van der Waals surface area (Å²) < 4.78 is 7.48. The first-order valence-corrected chi connectivity index (χ1v) is 8.18. The number of benzene rings is 1.